The van der Waals surface area contributed by atoms with Gasteiger partial charge in [0.05, 0.1) is 6.61 Å². The van der Waals surface area contributed by atoms with Gasteiger partial charge < -0.3 is 15.4 Å². The first-order valence-corrected chi connectivity index (χ1v) is 7.95. The zero-order chi connectivity index (χ0) is 15.9. The number of ether oxygens (including phenoxy) is 1. The Morgan fingerprint density at radius 3 is 2.45 bits per heavy atom. The van der Waals surface area contributed by atoms with E-state index < -0.39 is 11.8 Å². The molecule has 1 aromatic rings. The fourth-order valence-electron chi connectivity index (χ4n) is 2.75. The minimum Gasteiger partial charge on any atom is -0.494 e. The maximum Gasteiger partial charge on any atom is 0.313 e. The number of benzene rings is 1. The second kappa shape index (κ2) is 7.82. The number of rotatable bonds is 4. The van der Waals surface area contributed by atoms with Gasteiger partial charge in [-0.1, -0.05) is 19.8 Å². The van der Waals surface area contributed by atoms with Crippen LogP contribution < -0.4 is 15.4 Å². The van der Waals surface area contributed by atoms with Crippen molar-refractivity contribution in [2.75, 3.05) is 11.9 Å². The molecule has 0 heterocycles. The zero-order valence-electron chi connectivity index (χ0n) is 13.2. The van der Waals surface area contributed by atoms with Gasteiger partial charge in [-0.15, -0.1) is 0 Å². The third-order valence-electron chi connectivity index (χ3n) is 4.06. The topological polar surface area (TPSA) is 67.4 Å². The van der Waals surface area contributed by atoms with Gasteiger partial charge >= 0.3 is 11.8 Å². The van der Waals surface area contributed by atoms with Gasteiger partial charge in [-0.05, 0) is 49.9 Å². The van der Waals surface area contributed by atoms with E-state index in [0.717, 1.165) is 25.0 Å². The smallest absolute Gasteiger partial charge is 0.313 e. The van der Waals surface area contributed by atoms with Gasteiger partial charge in [-0.3, -0.25) is 9.59 Å². The fraction of sp³-hybridized carbons (Fsp3) is 0.529. The summed E-state index contributed by atoms with van der Waals surface area (Å²) in [7, 11) is 0. The molecule has 2 amide bonds. The summed E-state index contributed by atoms with van der Waals surface area (Å²) in [4.78, 5) is 23.9. The van der Waals surface area contributed by atoms with Gasteiger partial charge in [0, 0.05) is 11.7 Å². The molecule has 0 aliphatic heterocycles. The van der Waals surface area contributed by atoms with Gasteiger partial charge in [0.1, 0.15) is 5.75 Å². The lowest BCUT2D eigenvalue weighted by atomic mass is 9.86. The first-order chi connectivity index (χ1) is 10.6. The predicted octanol–water partition coefficient (Wildman–Crippen LogP) is 2.72. The van der Waals surface area contributed by atoms with E-state index in [-0.39, 0.29) is 6.04 Å². The highest BCUT2D eigenvalue weighted by molar-refractivity contribution is 6.39. The monoisotopic (exact) mass is 304 g/mol. The number of nitrogens with one attached hydrogen (secondary N) is 2. The van der Waals surface area contributed by atoms with Crippen LogP contribution >= 0.6 is 0 Å². The zero-order valence-corrected chi connectivity index (χ0v) is 13.2. The molecule has 2 rings (SSSR count). The van der Waals surface area contributed by atoms with Crippen LogP contribution in [-0.4, -0.2) is 24.5 Å². The molecule has 0 spiro atoms. The maximum absolute atomic E-state index is 12.0. The predicted molar refractivity (Wildman–Crippen MR) is 85.8 cm³/mol. The van der Waals surface area contributed by atoms with Gasteiger partial charge in [0.25, 0.3) is 0 Å². The van der Waals surface area contributed by atoms with Crippen molar-refractivity contribution in [2.24, 2.45) is 5.92 Å². The Morgan fingerprint density at radius 2 is 1.82 bits per heavy atom. The molecule has 1 saturated carbocycles. The molecular formula is C17H24N2O3. The van der Waals surface area contributed by atoms with Crippen LogP contribution in [0.2, 0.25) is 0 Å². The molecule has 5 nitrogen and oxygen atoms in total. The Balaban J connectivity index is 1.86. The summed E-state index contributed by atoms with van der Waals surface area (Å²) in [5, 5.41) is 5.45. The lowest BCUT2D eigenvalue weighted by molar-refractivity contribution is -0.137. The second-order valence-electron chi connectivity index (χ2n) is 5.75. The first-order valence-electron chi connectivity index (χ1n) is 7.95. The van der Waals surface area contributed by atoms with Gasteiger partial charge in [-0.25, -0.2) is 0 Å². The number of carbonyl (C=O) groups is 2. The largest absolute Gasteiger partial charge is 0.494 e. The van der Waals surface area contributed by atoms with E-state index >= 15 is 0 Å². The van der Waals surface area contributed by atoms with E-state index in [2.05, 4.69) is 17.6 Å². The summed E-state index contributed by atoms with van der Waals surface area (Å²) in [6, 6.07) is 7.08. The SMILES string of the molecule is CCOc1ccc(NC(=O)C(=O)N[C@H]2CCCC[C@@H]2C)cc1. The summed E-state index contributed by atoms with van der Waals surface area (Å²) < 4.78 is 5.33. The molecule has 1 aromatic carbocycles. The molecule has 2 atom stereocenters. The van der Waals surface area contributed by atoms with Crippen LogP contribution in [0.25, 0.3) is 0 Å². The van der Waals surface area contributed by atoms with Crippen molar-refractivity contribution in [1.29, 1.82) is 0 Å². The molecule has 0 saturated heterocycles. The molecule has 0 radical (unpaired) electrons. The lowest BCUT2D eigenvalue weighted by Gasteiger charge is -2.29. The second-order valence-corrected chi connectivity index (χ2v) is 5.75. The van der Waals surface area contributed by atoms with Gasteiger partial charge in [-0.2, -0.15) is 0 Å². The van der Waals surface area contributed by atoms with E-state index in [1.807, 2.05) is 6.92 Å². The number of hydrogen-bond acceptors (Lipinski definition) is 3. The van der Waals surface area contributed by atoms with Crippen molar-refractivity contribution in [1.82, 2.24) is 5.32 Å². The Morgan fingerprint density at radius 1 is 1.14 bits per heavy atom. The minimum atomic E-state index is -0.623. The minimum absolute atomic E-state index is 0.104. The van der Waals surface area contributed by atoms with Gasteiger partial charge in [0.15, 0.2) is 0 Å². The van der Waals surface area contributed by atoms with Crippen molar-refractivity contribution in [3.8, 4) is 5.75 Å². The van der Waals surface area contributed by atoms with Crippen molar-refractivity contribution in [3.63, 3.8) is 0 Å². The Kier molecular flexibility index (Phi) is 5.81. The standard InChI is InChI=1S/C17H24N2O3/c1-3-22-14-10-8-13(9-11-14)18-16(20)17(21)19-15-7-5-4-6-12(15)2/h8-12,15H,3-7H2,1-2H3,(H,18,20)(H,19,21)/t12-,15-/m0/s1. The van der Waals surface area contributed by atoms with Crippen molar-refractivity contribution in [2.45, 2.75) is 45.6 Å². The molecule has 1 fully saturated rings. The molecule has 120 valence electrons. The third-order valence-corrected chi connectivity index (χ3v) is 4.06. The lowest BCUT2D eigenvalue weighted by Crippen LogP contribution is -2.45. The molecular weight excluding hydrogens is 280 g/mol. The highest BCUT2D eigenvalue weighted by Gasteiger charge is 2.25. The molecule has 2 N–H and O–H groups in total. The van der Waals surface area contributed by atoms with Crippen LogP contribution in [0.3, 0.4) is 0 Å². The quantitative estimate of drug-likeness (QED) is 0.840. The van der Waals surface area contributed by atoms with E-state index in [1.54, 1.807) is 24.3 Å². The molecule has 5 heteroatoms. The third kappa shape index (κ3) is 4.48. The first kappa shape index (κ1) is 16.3. The van der Waals surface area contributed by atoms with Crippen LogP contribution in [-0.2, 0) is 9.59 Å². The Hall–Kier alpha value is -2.04. The fourth-order valence-corrected chi connectivity index (χ4v) is 2.75. The molecule has 1 aliphatic carbocycles. The van der Waals surface area contributed by atoms with Crippen LogP contribution in [0.15, 0.2) is 24.3 Å². The normalized spacial score (nSPS) is 21.0. The summed E-state index contributed by atoms with van der Waals surface area (Å²) in [6.07, 6.45) is 4.36. The van der Waals surface area contributed by atoms with Crippen LogP contribution in [0, 0.1) is 5.92 Å². The Bertz CT molecular complexity index is 513. The van der Waals surface area contributed by atoms with Crippen molar-refractivity contribution in [3.05, 3.63) is 24.3 Å². The van der Waals surface area contributed by atoms with Crippen molar-refractivity contribution < 1.29 is 14.3 Å². The summed E-state index contributed by atoms with van der Waals surface area (Å²) in [5.41, 5.74) is 0.584. The van der Waals surface area contributed by atoms with Gasteiger partial charge in [0.2, 0.25) is 0 Å². The molecule has 0 aromatic heterocycles. The number of carbonyl (C=O) groups excluding carboxylic acids is 2. The van der Waals surface area contributed by atoms with E-state index in [0.29, 0.717) is 18.2 Å². The van der Waals surface area contributed by atoms with Crippen LogP contribution in [0.4, 0.5) is 5.69 Å². The molecule has 0 unspecified atom stereocenters. The van der Waals surface area contributed by atoms with E-state index in [1.165, 1.54) is 6.42 Å². The Labute approximate surface area is 131 Å². The van der Waals surface area contributed by atoms with E-state index in [4.69, 9.17) is 4.74 Å². The van der Waals surface area contributed by atoms with E-state index in [9.17, 15) is 9.59 Å². The van der Waals surface area contributed by atoms with Crippen LogP contribution in [0.1, 0.15) is 39.5 Å². The average Bonchev–Trinajstić information content (AvgIpc) is 2.51. The summed E-state index contributed by atoms with van der Waals surface area (Å²) in [6.45, 7) is 4.62. The molecule has 0 bridgehead atoms. The molecule has 1 aliphatic rings. The molecule has 22 heavy (non-hydrogen) atoms. The number of hydrogen-bond donors (Lipinski definition) is 2. The summed E-state index contributed by atoms with van der Waals surface area (Å²) >= 11 is 0. The highest BCUT2D eigenvalue weighted by atomic mass is 16.5. The number of anilines is 1. The maximum atomic E-state index is 12.0. The highest BCUT2D eigenvalue weighted by Crippen LogP contribution is 2.23. The average molecular weight is 304 g/mol. The summed E-state index contributed by atoms with van der Waals surface area (Å²) in [5.74, 6) is -0.0217. The van der Waals surface area contributed by atoms with Crippen LogP contribution in [0.5, 0.6) is 5.75 Å². The number of amides is 2. The van der Waals surface area contributed by atoms with Crippen molar-refractivity contribution >= 4 is 17.5 Å².